The third-order valence-corrected chi connectivity index (χ3v) is 6.10. The maximum Gasteiger partial charge on any atom is 0.123 e. The second-order valence-corrected chi connectivity index (χ2v) is 7.99. The third kappa shape index (κ3) is 3.94. The Morgan fingerprint density at radius 3 is 2.23 bits per heavy atom. The summed E-state index contributed by atoms with van der Waals surface area (Å²) in [5, 5.41) is 2.76. The van der Waals surface area contributed by atoms with E-state index in [1.54, 1.807) is 24.5 Å². The van der Waals surface area contributed by atoms with E-state index in [1.807, 2.05) is 30.3 Å². The fourth-order valence-corrected chi connectivity index (χ4v) is 4.68. The number of halogens is 1. The predicted molar refractivity (Wildman–Crippen MR) is 125 cm³/mol. The van der Waals surface area contributed by atoms with Crippen molar-refractivity contribution in [3.8, 4) is 11.1 Å². The van der Waals surface area contributed by atoms with Crippen LogP contribution in [-0.2, 0) is 12.8 Å². The van der Waals surface area contributed by atoms with E-state index in [9.17, 15) is 4.39 Å². The molecule has 0 bridgehead atoms. The molecule has 152 valence electrons. The number of aryl methyl sites for hydroxylation is 1. The quantitative estimate of drug-likeness (QED) is 0.411. The number of hydrogen-bond donors (Lipinski definition) is 0. The Balaban J connectivity index is 0.000000296. The minimum Gasteiger partial charge on any atom is -0.265 e. The first kappa shape index (κ1) is 19.4. The molecule has 0 radical (unpaired) electrons. The first-order valence-corrected chi connectivity index (χ1v) is 10.9. The summed E-state index contributed by atoms with van der Waals surface area (Å²) >= 11 is 0. The summed E-state index contributed by atoms with van der Waals surface area (Å²) in [6.07, 6.45) is 10.2. The van der Waals surface area contributed by atoms with Crippen LogP contribution in [0.2, 0.25) is 0 Å². The van der Waals surface area contributed by atoms with E-state index in [-0.39, 0.29) is 5.82 Å². The average molecular weight is 406 g/mol. The molecular formula is C29H24FN. The third-order valence-electron chi connectivity index (χ3n) is 6.10. The van der Waals surface area contributed by atoms with Crippen molar-refractivity contribution < 1.29 is 4.39 Å². The van der Waals surface area contributed by atoms with Gasteiger partial charge in [-0.2, -0.15) is 0 Å². The van der Waals surface area contributed by atoms with Crippen LogP contribution in [0.3, 0.4) is 0 Å². The first-order chi connectivity index (χ1) is 15.3. The van der Waals surface area contributed by atoms with Crippen molar-refractivity contribution in [1.29, 1.82) is 0 Å². The standard InChI is InChI=1S/C24H19F.C5H5N/c25-19-12-8-17(9-13-19)21-7-3-5-18-11-14-22-20-6-2-1-4-16(20)10-15-23(22)24(18)21;1-2-4-6-5-3-1/h1-2,4,6,8-9,11-15H,3,5,7,10H2;1-5H. The minimum absolute atomic E-state index is 0.170. The van der Waals surface area contributed by atoms with Crippen LogP contribution >= 0.6 is 0 Å². The zero-order valence-corrected chi connectivity index (χ0v) is 17.4. The number of rotatable bonds is 1. The summed E-state index contributed by atoms with van der Waals surface area (Å²) in [5.41, 5.74) is 8.04. The molecule has 0 saturated heterocycles. The van der Waals surface area contributed by atoms with Gasteiger partial charge < -0.3 is 0 Å². The number of fused-ring (bicyclic) bond motifs is 5. The van der Waals surface area contributed by atoms with E-state index in [0.29, 0.717) is 0 Å². The summed E-state index contributed by atoms with van der Waals surface area (Å²) in [5.74, 6) is -0.170. The molecule has 4 aromatic rings. The highest BCUT2D eigenvalue weighted by Crippen LogP contribution is 2.27. The molecule has 0 spiro atoms. The lowest BCUT2D eigenvalue weighted by molar-refractivity contribution is 0.627. The Morgan fingerprint density at radius 1 is 0.677 bits per heavy atom. The predicted octanol–water partition coefficient (Wildman–Crippen LogP) is 5.45. The van der Waals surface area contributed by atoms with Gasteiger partial charge in [0.25, 0.3) is 0 Å². The Bertz CT molecular complexity index is 1300. The Labute approximate surface area is 182 Å². The van der Waals surface area contributed by atoms with Gasteiger partial charge in [-0.25, -0.2) is 4.39 Å². The van der Waals surface area contributed by atoms with Crippen LogP contribution < -0.4 is 10.4 Å². The number of pyridine rings is 1. The van der Waals surface area contributed by atoms with E-state index in [4.69, 9.17) is 0 Å². The van der Waals surface area contributed by atoms with Crippen LogP contribution in [0.25, 0.3) is 22.8 Å². The molecular weight excluding hydrogens is 381 g/mol. The molecule has 2 aliphatic rings. The summed E-state index contributed by atoms with van der Waals surface area (Å²) < 4.78 is 13.4. The largest absolute Gasteiger partial charge is 0.265 e. The van der Waals surface area contributed by atoms with E-state index in [0.717, 1.165) is 31.2 Å². The second-order valence-electron chi connectivity index (χ2n) is 7.99. The maximum absolute atomic E-state index is 13.4. The van der Waals surface area contributed by atoms with Gasteiger partial charge in [-0.05, 0) is 93.8 Å². The fourth-order valence-electron chi connectivity index (χ4n) is 4.68. The average Bonchev–Trinajstić information content (AvgIpc) is 2.85. The van der Waals surface area contributed by atoms with Crippen molar-refractivity contribution in [3.05, 3.63) is 124 Å². The molecule has 2 heteroatoms. The van der Waals surface area contributed by atoms with Gasteiger partial charge in [-0.15, -0.1) is 0 Å². The van der Waals surface area contributed by atoms with Crippen LogP contribution in [0, 0.1) is 5.82 Å². The van der Waals surface area contributed by atoms with Crippen LogP contribution in [0.15, 0.2) is 91.3 Å². The summed E-state index contributed by atoms with van der Waals surface area (Å²) in [6.45, 7) is 0. The van der Waals surface area contributed by atoms with Gasteiger partial charge in [0.05, 0.1) is 0 Å². The van der Waals surface area contributed by atoms with Crippen molar-refractivity contribution in [2.24, 2.45) is 0 Å². The number of nitrogens with zero attached hydrogens (tertiary/aromatic N) is 1. The minimum atomic E-state index is -0.170. The molecule has 3 aromatic carbocycles. The Morgan fingerprint density at radius 2 is 1.48 bits per heavy atom. The first-order valence-electron chi connectivity index (χ1n) is 10.9. The maximum atomic E-state index is 13.4. The summed E-state index contributed by atoms with van der Waals surface area (Å²) in [4.78, 5) is 3.78. The highest BCUT2D eigenvalue weighted by molar-refractivity contribution is 5.77. The van der Waals surface area contributed by atoms with E-state index in [2.05, 4.69) is 47.5 Å². The van der Waals surface area contributed by atoms with E-state index < -0.39 is 0 Å². The molecule has 0 atom stereocenters. The van der Waals surface area contributed by atoms with Crippen LogP contribution in [0.5, 0.6) is 0 Å². The molecule has 0 N–H and O–H groups in total. The van der Waals surface area contributed by atoms with Gasteiger partial charge >= 0.3 is 0 Å². The van der Waals surface area contributed by atoms with Crippen molar-refractivity contribution in [2.45, 2.75) is 25.7 Å². The molecule has 0 fully saturated rings. The zero-order valence-electron chi connectivity index (χ0n) is 17.4. The SMILES string of the molecule is Fc1ccc(C2=c3c(ccc4c3=CCc3ccccc3-4)CCC2)cc1.c1ccncc1. The van der Waals surface area contributed by atoms with Crippen molar-refractivity contribution in [2.75, 3.05) is 0 Å². The smallest absolute Gasteiger partial charge is 0.123 e. The molecule has 1 nitrogen and oxygen atoms in total. The van der Waals surface area contributed by atoms with E-state index >= 15 is 0 Å². The van der Waals surface area contributed by atoms with Crippen LogP contribution in [-0.4, -0.2) is 4.98 Å². The van der Waals surface area contributed by atoms with Crippen molar-refractivity contribution in [1.82, 2.24) is 4.98 Å². The lowest BCUT2D eigenvalue weighted by atomic mass is 9.83. The monoisotopic (exact) mass is 405 g/mol. The molecule has 1 heterocycles. The lowest BCUT2D eigenvalue weighted by Gasteiger charge is -2.21. The van der Waals surface area contributed by atoms with Gasteiger partial charge in [-0.3, -0.25) is 4.98 Å². The zero-order chi connectivity index (χ0) is 21.0. The van der Waals surface area contributed by atoms with Crippen LogP contribution in [0.4, 0.5) is 4.39 Å². The van der Waals surface area contributed by atoms with Gasteiger partial charge in [0, 0.05) is 12.4 Å². The second kappa shape index (κ2) is 8.69. The Kier molecular flexibility index (Phi) is 5.45. The highest BCUT2D eigenvalue weighted by Gasteiger charge is 2.17. The van der Waals surface area contributed by atoms with Gasteiger partial charge in [0.1, 0.15) is 5.82 Å². The Hall–Kier alpha value is -3.52. The molecule has 0 saturated carbocycles. The molecule has 0 amide bonds. The lowest BCUT2D eigenvalue weighted by Crippen LogP contribution is -2.36. The fraction of sp³-hybridized carbons (Fsp3) is 0.138. The normalized spacial score (nSPS) is 13.6. The number of aromatic nitrogens is 1. The molecule has 2 aliphatic carbocycles. The highest BCUT2D eigenvalue weighted by atomic mass is 19.1. The van der Waals surface area contributed by atoms with Crippen molar-refractivity contribution >= 4 is 11.6 Å². The van der Waals surface area contributed by atoms with Gasteiger partial charge in [-0.1, -0.05) is 60.7 Å². The molecule has 0 unspecified atom stereocenters. The van der Waals surface area contributed by atoms with E-state index in [1.165, 1.54) is 38.3 Å². The molecule has 0 aliphatic heterocycles. The summed E-state index contributed by atoms with van der Waals surface area (Å²) in [7, 11) is 0. The van der Waals surface area contributed by atoms with Gasteiger partial charge in [0.2, 0.25) is 0 Å². The van der Waals surface area contributed by atoms with Crippen LogP contribution in [0.1, 0.15) is 29.5 Å². The molecule has 6 rings (SSSR count). The molecule has 1 aromatic heterocycles. The van der Waals surface area contributed by atoms with Crippen molar-refractivity contribution in [3.63, 3.8) is 0 Å². The van der Waals surface area contributed by atoms with Gasteiger partial charge in [0.15, 0.2) is 0 Å². The number of hydrogen-bond acceptors (Lipinski definition) is 1. The summed E-state index contributed by atoms with van der Waals surface area (Å²) in [6, 6.07) is 26.0. The number of benzene rings is 3. The molecule has 31 heavy (non-hydrogen) atoms. The topological polar surface area (TPSA) is 12.9 Å².